The van der Waals surface area contributed by atoms with Crippen LogP contribution in [0.5, 0.6) is 0 Å². The van der Waals surface area contributed by atoms with Crippen molar-refractivity contribution in [2.24, 2.45) is 5.92 Å². The summed E-state index contributed by atoms with van der Waals surface area (Å²) in [6.45, 7) is 6.29. The van der Waals surface area contributed by atoms with Gasteiger partial charge in [0.25, 0.3) is 0 Å². The van der Waals surface area contributed by atoms with Gasteiger partial charge in [0.2, 0.25) is 0 Å². The molecule has 68 valence electrons. The maximum absolute atomic E-state index is 4.01. The lowest BCUT2D eigenvalue weighted by Crippen LogP contribution is -1.99. The van der Waals surface area contributed by atoms with E-state index in [1.54, 1.807) is 0 Å². The Kier molecular flexibility index (Phi) is 2.09. The number of para-hydroxylation sites is 1. The summed E-state index contributed by atoms with van der Waals surface area (Å²) in [5.41, 5.74) is 3.78. The number of hydrogen-bond donors (Lipinski definition) is 1. The van der Waals surface area contributed by atoms with Gasteiger partial charge in [0, 0.05) is 11.4 Å². The average molecular weight is 173 g/mol. The molecule has 0 radical (unpaired) electrons. The summed E-state index contributed by atoms with van der Waals surface area (Å²) in [5, 5.41) is 3.36. The van der Waals surface area contributed by atoms with Gasteiger partial charge in [-0.05, 0) is 30.4 Å². The monoisotopic (exact) mass is 173 g/mol. The van der Waals surface area contributed by atoms with Gasteiger partial charge in [-0.1, -0.05) is 31.7 Å². The van der Waals surface area contributed by atoms with Crippen LogP contribution in [0.3, 0.4) is 0 Å². The molecular weight excluding hydrogens is 158 g/mol. The third-order valence-corrected chi connectivity index (χ3v) is 2.49. The number of anilines is 1. The first-order chi connectivity index (χ1) is 6.25. The molecule has 1 aromatic rings. The van der Waals surface area contributed by atoms with Gasteiger partial charge in [-0.25, -0.2) is 0 Å². The number of allylic oxidation sites excluding steroid dienone is 1. The van der Waals surface area contributed by atoms with Gasteiger partial charge in [-0.2, -0.15) is 0 Å². The third kappa shape index (κ3) is 1.74. The third-order valence-electron chi connectivity index (χ3n) is 2.49. The fourth-order valence-corrected chi connectivity index (χ4v) is 1.93. The molecule has 1 nitrogen and oxygen atoms in total. The topological polar surface area (TPSA) is 12.0 Å². The molecule has 2 rings (SSSR count). The van der Waals surface area contributed by atoms with Crippen molar-refractivity contribution in [2.45, 2.75) is 19.8 Å². The van der Waals surface area contributed by atoms with Crippen molar-refractivity contribution in [1.82, 2.24) is 0 Å². The first-order valence-corrected chi connectivity index (χ1v) is 4.78. The maximum Gasteiger partial charge on any atom is 0.0414 e. The smallest absolute Gasteiger partial charge is 0.0414 e. The molecule has 0 aliphatic carbocycles. The molecule has 1 aliphatic rings. The summed E-state index contributed by atoms with van der Waals surface area (Å²) >= 11 is 0. The van der Waals surface area contributed by atoms with Gasteiger partial charge in [0.1, 0.15) is 0 Å². The molecule has 1 heterocycles. The van der Waals surface area contributed by atoms with Gasteiger partial charge >= 0.3 is 0 Å². The minimum Gasteiger partial charge on any atom is -0.359 e. The van der Waals surface area contributed by atoms with E-state index in [1.807, 2.05) is 0 Å². The minimum atomic E-state index is 0.698. The molecule has 1 atom stereocenters. The summed E-state index contributed by atoms with van der Waals surface area (Å²) in [5.74, 6) is 0.698. The minimum absolute atomic E-state index is 0.698. The summed E-state index contributed by atoms with van der Waals surface area (Å²) in [6.07, 6.45) is 2.23. The number of fused-ring (bicyclic) bond motifs is 1. The van der Waals surface area contributed by atoms with Gasteiger partial charge in [0.05, 0.1) is 0 Å². The van der Waals surface area contributed by atoms with Crippen molar-refractivity contribution in [2.75, 3.05) is 5.32 Å². The van der Waals surface area contributed by atoms with Crippen LogP contribution in [-0.4, -0.2) is 0 Å². The molecule has 1 unspecified atom stereocenters. The molecule has 1 heteroatoms. The quantitative estimate of drug-likeness (QED) is 0.635. The highest BCUT2D eigenvalue weighted by molar-refractivity contribution is 5.55. The van der Waals surface area contributed by atoms with Crippen molar-refractivity contribution < 1.29 is 0 Å². The Morgan fingerprint density at radius 1 is 1.31 bits per heavy atom. The number of hydrogen-bond acceptors (Lipinski definition) is 1. The lowest BCUT2D eigenvalue weighted by Gasteiger charge is -2.07. The summed E-state index contributed by atoms with van der Waals surface area (Å²) in [6, 6.07) is 8.48. The van der Waals surface area contributed by atoms with Crippen LogP contribution in [0, 0.1) is 5.92 Å². The Bertz CT molecular complexity index is 328. The average Bonchev–Trinajstić information content (AvgIpc) is 2.20. The highest BCUT2D eigenvalue weighted by atomic mass is 14.9. The summed E-state index contributed by atoms with van der Waals surface area (Å²) in [4.78, 5) is 0. The lowest BCUT2D eigenvalue weighted by atomic mass is 9.98. The van der Waals surface area contributed by atoms with Gasteiger partial charge in [-0.3, -0.25) is 0 Å². The molecule has 13 heavy (non-hydrogen) atoms. The SMILES string of the molecule is C=C1CC(C)Cc2ccccc2N1. The van der Waals surface area contributed by atoms with Crippen LogP contribution in [0.1, 0.15) is 18.9 Å². The molecule has 0 saturated heterocycles. The van der Waals surface area contributed by atoms with Crippen LogP contribution in [0.15, 0.2) is 36.5 Å². The van der Waals surface area contributed by atoms with E-state index in [1.165, 1.54) is 11.3 Å². The number of rotatable bonds is 0. The Morgan fingerprint density at radius 3 is 2.92 bits per heavy atom. The Morgan fingerprint density at radius 2 is 2.08 bits per heavy atom. The number of benzene rings is 1. The second-order valence-electron chi connectivity index (χ2n) is 3.90. The van der Waals surface area contributed by atoms with Gasteiger partial charge in [-0.15, -0.1) is 0 Å². The molecule has 0 spiro atoms. The van der Waals surface area contributed by atoms with Crippen LogP contribution in [0.4, 0.5) is 5.69 Å². The van der Waals surface area contributed by atoms with E-state index >= 15 is 0 Å². The van der Waals surface area contributed by atoms with E-state index in [4.69, 9.17) is 0 Å². The zero-order valence-corrected chi connectivity index (χ0v) is 8.01. The van der Waals surface area contributed by atoms with Gasteiger partial charge in [0.15, 0.2) is 0 Å². The van der Waals surface area contributed by atoms with E-state index < -0.39 is 0 Å². The summed E-state index contributed by atoms with van der Waals surface area (Å²) < 4.78 is 0. The second-order valence-corrected chi connectivity index (χ2v) is 3.90. The normalized spacial score (nSPS) is 21.6. The van der Waals surface area contributed by atoms with E-state index in [2.05, 4.69) is 43.1 Å². The second kappa shape index (κ2) is 3.25. The fourth-order valence-electron chi connectivity index (χ4n) is 1.93. The van der Waals surface area contributed by atoms with Crippen molar-refractivity contribution in [3.63, 3.8) is 0 Å². The van der Waals surface area contributed by atoms with E-state index in [0.29, 0.717) is 5.92 Å². The summed E-state index contributed by atoms with van der Waals surface area (Å²) in [7, 11) is 0. The predicted molar refractivity (Wildman–Crippen MR) is 56.7 cm³/mol. The maximum atomic E-state index is 4.01. The molecule has 0 bridgehead atoms. The zero-order chi connectivity index (χ0) is 9.26. The Hall–Kier alpha value is -1.24. The molecule has 1 aromatic carbocycles. The lowest BCUT2D eigenvalue weighted by molar-refractivity contribution is 0.585. The molecule has 1 N–H and O–H groups in total. The largest absolute Gasteiger partial charge is 0.359 e. The molecule has 0 aromatic heterocycles. The highest BCUT2D eigenvalue weighted by Crippen LogP contribution is 2.27. The van der Waals surface area contributed by atoms with Crippen molar-refractivity contribution in [3.8, 4) is 0 Å². The first kappa shape index (κ1) is 8.36. The molecule has 1 aliphatic heterocycles. The van der Waals surface area contributed by atoms with E-state index in [9.17, 15) is 0 Å². The predicted octanol–water partition coefficient (Wildman–Crippen LogP) is 3.19. The van der Waals surface area contributed by atoms with Gasteiger partial charge < -0.3 is 5.32 Å². The van der Waals surface area contributed by atoms with Crippen molar-refractivity contribution in [1.29, 1.82) is 0 Å². The fraction of sp³-hybridized carbons (Fsp3) is 0.333. The standard InChI is InChI=1S/C12H15N/c1-9-7-10(2)13-12-6-4-3-5-11(12)8-9/h3-6,9,13H,2,7-8H2,1H3. The van der Waals surface area contributed by atoms with Crippen LogP contribution in [0.25, 0.3) is 0 Å². The van der Waals surface area contributed by atoms with Crippen molar-refractivity contribution >= 4 is 5.69 Å². The number of nitrogens with one attached hydrogen (secondary N) is 1. The van der Waals surface area contributed by atoms with Crippen LogP contribution in [0.2, 0.25) is 0 Å². The van der Waals surface area contributed by atoms with Crippen LogP contribution in [-0.2, 0) is 6.42 Å². The van der Waals surface area contributed by atoms with E-state index in [-0.39, 0.29) is 0 Å². The van der Waals surface area contributed by atoms with Crippen molar-refractivity contribution in [3.05, 3.63) is 42.1 Å². The Balaban J connectivity index is 2.38. The highest BCUT2D eigenvalue weighted by Gasteiger charge is 2.13. The molecule has 0 saturated carbocycles. The molecule has 0 fully saturated rings. The molecule has 0 amide bonds. The zero-order valence-electron chi connectivity index (χ0n) is 8.01. The van der Waals surface area contributed by atoms with Crippen LogP contribution < -0.4 is 5.32 Å². The molecular formula is C12H15N. The van der Waals surface area contributed by atoms with Crippen LogP contribution >= 0.6 is 0 Å². The van der Waals surface area contributed by atoms with E-state index in [0.717, 1.165) is 18.5 Å². The Labute approximate surface area is 79.5 Å². The first-order valence-electron chi connectivity index (χ1n) is 4.78.